The predicted molar refractivity (Wildman–Crippen MR) is 123 cm³/mol. The van der Waals surface area contributed by atoms with Crippen molar-refractivity contribution in [3.63, 3.8) is 0 Å². The van der Waals surface area contributed by atoms with E-state index in [1.807, 2.05) is 0 Å². The van der Waals surface area contributed by atoms with E-state index in [1.165, 1.54) is 50.6 Å². The number of benzene rings is 1. The van der Waals surface area contributed by atoms with Gasteiger partial charge in [0.2, 0.25) is 0 Å². The first-order chi connectivity index (χ1) is 13.3. The molecule has 152 valence electrons. The van der Waals surface area contributed by atoms with Crippen LogP contribution in [0.4, 0.5) is 0 Å². The smallest absolute Gasteiger partial charge is 0.194 e. The normalized spacial score (nSPS) is 18.9. The lowest BCUT2D eigenvalue weighted by Gasteiger charge is -2.33. The summed E-state index contributed by atoms with van der Waals surface area (Å²) in [6.07, 6.45) is 11.6. The largest absolute Gasteiger partial charge is 0.357 e. The number of likely N-dealkylation sites (tertiary alicyclic amines) is 1. The summed E-state index contributed by atoms with van der Waals surface area (Å²) in [4.78, 5) is 11.4. The summed E-state index contributed by atoms with van der Waals surface area (Å²) in [6, 6.07) is 8.38. The number of nitrogens with one attached hydrogen (secondary N) is 1. The number of aliphatic imine (C=N–C) groups is 1. The predicted octanol–water partition coefficient (Wildman–Crippen LogP) is 4.01. The van der Waals surface area contributed by atoms with Crippen molar-refractivity contribution >= 4 is 29.9 Å². The molecule has 6 nitrogen and oxygen atoms in total. The second-order valence-corrected chi connectivity index (χ2v) is 7.91. The van der Waals surface area contributed by atoms with Crippen LogP contribution in [-0.2, 0) is 6.54 Å². The second-order valence-electron chi connectivity index (χ2n) is 7.91. The number of halogens is 1. The van der Waals surface area contributed by atoms with Crippen LogP contribution in [0, 0.1) is 5.41 Å². The summed E-state index contributed by atoms with van der Waals surface area (Å²) >= 11 is 0. The van der Waals surface area contributed by atoms with E-state index in [1.54, 1.807) is 17.3 Å². The van der Waals surface area contributed by atoms with E-state index in [9.17, 15) is 0 Å². The first-order valence-electron chi connectivity index (χ1n) is 10.3. The molecule has 28 heavy (non-hydrogen) atoms. The van der Waals surface area contributed by atoms with Crippen LogP contribution in [0.3, 0.4) is 0 Å². The van der Waals surface area contributed by atoms with Crippen molar-refractivity contribution in [2.45, 2.75) is 52.0 Å². The number of hydrogen-bond donors (Lipinski definition) is 1. The Morgan fingerprint density at radius 2 is 1.93 bits per heavy atom. The van der Waals surface area contributed by atoms with Crippen LogP contribution in [-0.4, -0.2) is 45.3 Å². The highest BCUT2D eigenvalue weighted by molar-refractivity contribution is 14.0. The van der Waals surface area contributed by atoms with Gasteiger partial charge in [-0.3, -0.25) is 0 Å². The lowest BCUT2D eigenvalue weighted by atomic mass is 9.73. The van der Waals surface area contributed by atoms with Crippen LogP contribution in [0.2, 0.25) is 0 Å². The topological polar surface area (TPSA) is 58.3 Å². The molecule has 2 aromatic rings. The second kappa shape index (κ2) is 9.71. The summed E-state index contributed by atoms with van der Waals surface area (Å²) in [6.45, 7) is 6.06. The number of nitrogens with zero attached hydrogens (tertiary/aromatic N) is 5. The van der Waals surface area contributed by atoms with Crippen molar-refractivity contribution < 1.29 is 0 Å². The fourth-order valence-electron chi connectivity index (χ4n) is 4.51. The summed E-state index contributed by atoms with van der Waals surface area (Å²) in [5.74, 6) is 1.07. The van der Waals surface area contributed by atoms with E-state index in [-0.39, 0.29) is 24.0 Å². The molecule has 1 aromatic carbocycles. The van der Waals surface area contributed by atoms with Gasteiger partial charge in [0.1, 0.15) is 12.7 Å². The van der Waals surface area contributed by atoms with E-state index in [0.717, 1.165) is 24.7 Å². The number of aromatic nitrogens is 3. The van der Waals surface area contributed by atoms with Crippen LogP contribution < -0.4 is 5.32 Å². The molecule has 7 heteroatoms. The monoisotopic (exact) mass is 494 g/mol. The first kappa shape index (κ1) is 21.1. The lowest BCUT2D eigenvalue weighted by molar-refractivity contribution is 0.203. The van der Waals surface area contributed by atoms with E-state index < -0.39 is 0 Å². The van der Waals surface area contributed by atoms with E-state index in [0.29, 0.717) is 12.0 Å². The molecular formula is C21H31IN6. The molecule has 2 heterocycles. The third kappa shape index (κ3) is 4.85. The molecular weight excluding hydrogens is 463 g/mol. The van der Waals surface area contributed by atoms with Gasteiger partial charge in [0.05, 0.1) is 12.2 Å². The molecule has 1 aliphatic heterocycles. The molecule has 0 radical (unpaired) electrons. The molecule has 0 unspecified atom stereocenters. The van der Waals surface area contributed by atoms with Crippen LogP contribution in [0.1, 0.15) is 51.0 Å². The zero-order valence-electron chi connectivity index (χ0n) is 16.7. The van der Waals surface area contributed by atoms with Crippen LogP contribution in [0.5, 0.6) is 0 Å². The molecule has 0 bridgehead atoms. The van der Waals surface area contributed by atoms with Gasteiger partial charge in [-0.25, -0.2) is 14.7 Å². The summed E-state index contributed by atoms with van der Waals surface area (Å²) in [5.41, 5.74) is 2.78. The van der Waals surface area contributed by atoms with E-state index in [2.05, 4.69) is 51.5 Å². The Morgan fingerprint density at radius 1 is 1.14 bits per heavy atom. The number of rotatable bonds is 4. The Kier molecular flexibility index (Phi) is 7.31. The van der Waals surface area contributed by atoms with Crippen molar-refractivity contribution in [2.75, 3.05) is 19.6 Å². The van der Waals surface area contributed by atoms with Crippen molar-refractivity contribution in [2.24, 2.45) is 10.4 Å². The van der Waals surface area contributed by atoms with Crippen molar-refractivity contribution in [3.05, 3.63) is 42.5 Å². The van der Waals surface area contributed by atoms with Crippen molar-refractivity contribution in [1.29, 1.82) is 0 Å². The Labute approximate surface area is 184 Å². The highest BCUT2D eigenvalue weighted by Gasteiger charge is 2.39. The third-order valence-electron chi connectivity index (χ3n) is 6.02. The Balaban J connectivity index is 0.00000225. The van der Waals surface area contributed by atoms with E-state index in [4.69, 9.17) is 4.99 Å². The average Bonchev–Trinajstić information content (AvgIpc) is 3.37. The van der Waals surface area contributed by atoms with Gasteiger partial charge in [0.15, 0.2) is 5.96 Å². The van der Waals surface area contributed by atoms with Crippen LogP contribution in [0.25, 0.3) is 5.69 Å². The minimum Gasteiger partial charge on any atom is -0.357 e. The maximum atomic E-state index is 4.93. The SMILES string of the molecule is CCNC(=NCc1ccc(-n2cncn2)cc1)N1CCC2(CCCCC2)C1.I. The maximum absolute atomic E-state index is 4.93. The van der Waals surface area contributed by atoms with Gasteiger partial charge >= 0.3 is 0 Å². The van der Waals surface area contributed by atoms with Gasteiger partial charge in [-0.2, -0.15) is 5.10 Å². The fraction of sp³-hybridized carbons (Fsp3) is 0.571. The molecule has 1 N–H and O–H groups in total. The quantitative estimate of drug-likeness (QED) is 0.397. The van der Waals surface area contributed by atoms with Crippen molar-refractivity contribution in [1.82, 2.24) is 25.0 Å². The minimum atomic E-state index is 0. The summed E-state index contributed by atoms with van der Waals surface area (Å²) in [7, 11) is 0. The lowest BCUT2D eigenvalue weighted by Crippen LogP contribution is -2.41. The molecule has 1 saturated carbocycles. The van der Waals surface area contributed by atoms with Gasteiger partial charge in [0.25, 0.3) is 0 Å². The summed E-state index contributed by atoms with van der Waals surface area (Å²) in [5, 5.41) is 7.67. The van der Waals surface area contributed by atoms with Gasteiger partial charge in [-0.15, -0.1) is 24.0 Å². The summed E-state index contributed by atoms with van der Waals surface area (Å²) < 4.78 is 1.77. The molecule has 1 aromatic heterocycles. The molecule has 1 aliphatic carbocycles. The molecule has 1 saturated heterocycles. The molecule has 0 atom stereocenters. The standard InChI is InChI=1S/C21H30N6.HI/c1-2-23-20(26-13-12-21(15-26)10-4-3-5-11-21)24-14-18-6-8-19(9-7-18)27-17-22-16-25-27;/h6-9,16-17H,2-5,10-15H2,1H3,(H,23,24);1H. The molecule has 2 aliphatic rings. The van der Waals surface area contributed by atoms with Gasteiger partial charge in [-0.1, -0.05) is 31.4 Å². The zero-order valence-corrected chi connectivity index (χ0v) is 19.0. The van der Waals surface area contributed by atoms with Gasteiger partial charge in [0, 0.05) is 19.6 Å². The van der Waals surface area contributed by atoms with Crippen LogP contribution in [0.15, 0.2) is 41.9 Å². The Hall–Kier alpha value is -1.64. The van der Waals surface area contributed by atoms with Crippen LogP contribution >= 0.6 is 24.0 Å². The van der Waals surface area contributed by atoms with Gasteiger partial charge in [-0.05, 0) is 49.3 Å². The average molecular weight is 494 g/mol. The Morgan fingerprint density at radius 3 is 2.61 bits per heavy atom. The van der Waals surface area contributed by atoms with Gasteiger partial charge < -0.3 is 10.2 Å². The molecule has 1 spiro atoms. The zero-order chi connectivity index (χ0) is 18.5. The molecule has 2 fully saturated rings. The highest BCUT2D eigenvalue weighted by Crippen LogP contribution is 2.43. The molecule has 0 amide bonds. The van der Waals surface area contributed by atoms with E-state index >= 15 is 0 Å². The maximum Gasteiger partial charge on any atom is 0.194 e. The minimum absolute atomic E-state index is 0. The first-order valence-corrected chi connectivity index (χ1v) is 10.3. The Bertz CT molecular complexity index is 750. The number of guanidine groups is 1. The third-order valence-corrected chi connectivity index (χ3v) is 6.02. The van der Waals surface area contributed by atoms with Crippen molar-refractivity contribution in [3.8, 4) is 5.69 Å². The number of hydrogen-bond acceptors (Lipinski definition) is 3. The molecule has 4 rings (SSSR count). The highest BCUT2D eigenvalue weighted by atomic mass is 127. The fourth-order valence-corrected chi connectivity index (χ4v) is 4.51.